The van der Waals surface area contributed by atoms with E-state index in [9.17, 15) is 0 Å². The Labute approximate surface area is 479 Å². The van der Waals surface area contributed by atoms with Crippen LogP contribution in [-0.4, -0.2) is 0 Å². The van der Waals surface area contributed by atoms with Crippen LogP contribution in [0.1, 0.15) is 27.7 Å². The van der Waals surface area contributed by atoms with Crippen LogP contribution in [0.15, 0.2) is 243 Å². The quantitative estimate of drug-likeness (QED) is 0.121. The summed E-state index contributed by atoms with van der Waals surface area (Å²) in [6.07, 6.45) is 0. The number of rotatable bonds is 12. The van der Waals surface area contributed by atoms with Gasteiger partial charge in [-0.15, -0.1) is 22.7 Å². The second-order valence-electron chi connectivity index (χ2n) is 19.3. The maximum atomic E-state index is 9.06. The summed E-state index contributed by atoms with van der Waals surface area (Å²) in [5.74, 6) is 0. The third kappa shape index (κ3) is 8.91. The lowest BCUT2D eigenvalue weighted by molar-refractivity contribution is 1.22. The number of halogens is 2. The van der Waals surface area contributed by atoms with Gasteiger partial charge in [0.2, 0.25) is 0 Å². The zero-order valence-electron chi connectivity index (χ0n) is 46.3. The van der Waals surface area contributed by atoms with Crippen LogP contribution >= 0.6 is 45.9 Å². The summed E-state index contributed by atoms with van der Waals surface area (Å²) in [4.78, 5) is 8.77. The Kier molecular flexibility index (Phi) is 11.8. The summed E-state index contributed by atoms with van der Waals surface area (Å²) >= 11 is 19.8. The molecule has 8 heteroatoms. The van der Waals surface area contributed by atoms with Crippen LogP contribution in [0.2, 0.25) is 10.0 Å². The minimum absolute atomic E-state index is 0.0149. The molecule has 378 valence electrons. The molecule has 0 N–H and O–H groups in total. The van der Waals surface area contributed by atoms with Gasteiger partial charge in [0.1, 0.15) is 0 Å². The van der Waals surface area contributed by atoms with Crippen LogP contribution in [-0.2, 0) is 0 Å². The highest BCUT2D eigenvalue weighted by molar-refractivity contribution is 7.26. The van der Waals surface area contributed by atoms with E-state index in [1.165, 1.54) is 0 Å². The van der Waals surface area contributed by atoms with Gasteiger partial charge in [0.15, 0.2) is 0 Å². The molecular weight excluding hydrogens is 1030 g/mol. The predicted molar refractivity (Wildman–Crippen MR) is 340 cm³/mol. The summed E-state index contributed by atoms with van der Waals surface area (Å²) in [6.45, 7) is 0.202. The van der Waals surface area contributed by atoms with E-state index >= 15 is 0 Å². The number of anilines is 12. The fourth-order valence-corrected chi connectivity index (χ4v) is 13.6. The number of hydrogen-bond donors (Lipinski definition) is 0. The van der Waals surface area contributed by atoms with E-state index in [2.05, 4.69) is 153 Å². The largest absolute Gasteiger partial charge is 0.309 e. The maximum absolute atomic E-state index is 9.06. The van der Waals surface area contributed by atoms with Crippen molar-refractivity contribution in [2.75, 3.05) is 19.6 Å². The number of aryl methyl sites for hydroxylation is 4. The van der Waals surface area contributed by atoms with Crippen LogP contribution in [0, 0.1) is 27.6 Å². The molecule has 4 nitrogen and oxygen atoms in total. The predicted octanol–water partition coefficient (Wildman–Crippen LogP) is 22.8. The van der Waals surface area contributed by atoms with Crippen molar-refractivity contribution in [3.63, 3.8) is 0 Å². The lowest BCUT2D eigenvalue weighted by atomic mass is 10.0. The van der Waals surface area contributed by atoms with Crippen molar-refractivity contribution in [3.05, 3.63) is 275 Å². The van der Waals surface area contributed by atoms with E-state index in [1.807, 2.05) is 109 Å². The summed E-state index contributed by atoms with van der Waals surface area (Å²) in [5.41, 5.74) is 12.9. The zero-order chi connectivity index (χ0) is 55.8. The summed E-state index contributed by atoms with van der Waals surface area (Å²) in [6, 6.07) is 82.9. The van der Waals surface area contributed by atoms with Crippen molar-refractivity contribution < 1.29 is 5.48 Å². The van der Waals surface area contributed by atoms with Crippen molar-refractivity contribution in [1.29, 1.82) is 0 Å². The molecule has 0 spiro atoms. The fourth-order valence-electron chi connectivity index (χ4n) is 10.8. The monoisotopic (exact) mass is 1090 g/mol. The highest BCUT2D eigenvalue weighted by atomic mass is 35.5. The molecule has 0 bridgehead atoms. The Morgan fingerprint density at radius 1 is 0.282 bits per heavy atom. The SMILES string of the molecule is [2H]Cc1cccc(N(c2ccccc2)c2cc(C[2H])cc(N(c3cccc(N(c4cc(C[2H])cc(N(c5ccccc5)c5cccc(C[2H])c5)c4Cl)c4cccc5sc6ccccc6c45)c3)c3cccc4sc5ccccc5c34)c2Cl)c1. The van der Waals surface area contributed by atoms with Crippen LogP contribution in [0.5, 0.6) is 0 Å². The van der Waals surface area contributed by atoms with Crippen LogP contribution in [0.4, 0.5) is 68.2 Å². The van der Waals surface area contributed by atoms with Gasteiger partial charge in [0.05, 0.1) is 44.2 Å². The summed E-state index contributed by atoms with van der Waals surface area (Å²) in [5, 5.41) is 5.32. The molecule has 13 aromatic rings. The van der Waals surface area contributed by atoms with E-state index in [4.69, 9.17) is 28.7 Å². The number of para-hydroxylation sites is 2. The second-order valence-corrected chi connectivity index (χ2v) is 22.2. The molecule has 0 aliphatic carbocycles. The van der Waals surface area contributed by atoms with Crippen molar-refractivity contribution in [3.8, 4) is 0 Å². The van der Waals surface area contributed by atoms with Crippen molar-refractivity contribution in [1.82, 2.24) is 0 Å². The number of nitrogens with zero attached hydrogens (tertiary/aromatic N) is 4. The topological polar surface area (TPSA) is 13.0 Å². The molecule has 0 aliphatic heterocycles. The van der Waals surface area contributed by atoms with Gasteiger partial charge in [-0.2, -0.15) is 0 Å². The molecule has 0 saturated carbocycles. The minimum Gasteiger partial charge on any atom is -0.309 e. The molecule has 0 fully saturated rings. The first-order chi connectivity index (χ1) is 40.3. The van der Waals surface area contributed by atoms with Gasteiger partial charge >= 0.3 is 0 Å². The molecule has 2 heterocycles. The van der Waals surface area contributed by atoms with Gasteiger partial charge in [0.25, 0.3) is 0 Å². The summed E-state index contributed by atoms with van der Waals surface area (Å²) in [7, 11) is 0. The lowest BCUT2D eigenvalue weighted by Gasteiger charge is -2.34. The average molecular weight is 1090 g/mol. The van der Waals surface area contributed by atoms with Crippen LogP contribution < -0.4 is 19.6 Å². The number of benzene rings is 11. The first-order valence-corrected chi connectivity index (χ1v) is 27.9. The van der Waals surface area contributed by atoms with Gasteiger partial charge in [-0.1, -0.05) is 138 Å². The van der Waals surface area contributed by atoms with Gasteiger partial charge in [-0.25, -0.2) is 0 Å². The third-order valence-electron chi connectivity index (χ3n) is 14.1. The molecule has 78 heavy (non-hydrogen) atoms. The zero-order valence-corrected chi connectivity index (χ0v) is 45.4. The number of hydrogen-bond acceptors (Lipinski definition) is 6. The van der Waals surface area contributed by atoms with Gasteiger partial charge in [0, 0.05) is 80.0 Å². The van der Waals surface area contributed by atoms with E-state index in [0.29, 0.717) is 32.8 Å². The fraction of sp³-hybridized carbons (Fsp3) is 0.0571. The lowest BCUT2D eigenvalue weighted by Crippen LogP contribution is -2.17. The second kappa shape index (κ2) is 20.5. The Bertz CT molecular complexity index is 4220. The van der Waals surface area contributed by atoms with E-state index in [1.54, 1.807) is 22.7 Å². The number of fused-ring (bicyclic) bond motifs is 6. The minimum atomic E-state index is -0.0149. The summed E-state index contributed by atoms with van der Waals surface area (Å²) < 4.78 is 39.4. The average Bonchev–Trinajstić information content (AvgIpc) is 4.19. The highest BCUT2D eigenvalue weighted by Gasteiger charge is 2.29. The maximum Gasteiger partial charge on any atom is 0.0887 e. The Hall–Kier alpha value is -8.36. The van der Waals surface area contributed by atoms with Crippen molar-refractivity contribution in [2.24, 2.45) is 0 Å². The first kappa shape index (κ1) is 44.7. The molecule has 13 rings (SSSR count). The standard InChI is InChI=1S/C70H52Cl2N4S2/c1-45-20-15-26-51(38-45)73(49-22-7-5-8-23-49)59-40-47(3)42-61(69(59)71)75(57-32-18-36-65-67(57)55-30-11-13-34-63(55)77-65)53-28-17-29-54(44-53)76(58-33-19-37-66-68(58)56-31-12-14-35-64(56)78-66)62-43-48(4)41-60(70(62)72)74(50-24-9-6-10-25-50)52-27-16-21-46(2)39-52/h5-44H,1-4H3/i1D,2D,3D,4D. The Morgan fingerprint density at radius 2 is 0.615 bits per heavy atom. The molecule has 2 aromatic heterocycles. The van der Waals surface area contributed by atoms with E-state index in [0.717, 1.165) is 108 Å². The van der Waals surface area contributed by atoms with Gasteiger partial charge < -0.3 is 19.6 Å². The van der Waals surface area contributed by atoms with Crippen molar-refractivity contribution in [2.45, 2.75) is 27.6 Å². The number of thiophene rings is 2. The van der Waals surface area contributed by atoms with Crippen LogP contribution in [0.3, 0.4) is 0 Å². The molecule has 0 amide bonds. The van der Waals surface area contributed by atoms with Crippen LogP contribution in [0.25, 0.3) is 40.3 Å². The smallest absolute Gasteiger partial charge is 0.0887 e. The molecular formula is C70H52Cl2N4S2. The van der Waals surface area contributed by atoms with Crippen molar-refractivity contribution >= 4 is 154 Å². The third-order valence-corrected chi connectivity index (χ3v) is 17.2. The molecule has 0 radical (unpaired) electrons. The van der Waals surface area contributed by atoms with E-state index < -0.39 is 0 Å². The molecule has 0 aliphatic rings. The highest BCUT2D eigenvalue weighted by Crippen LogP contribution is 2.54. The normalized spacial score (nSPS) is 12.1. The molecule has 0 saturated heterocycles. The first-order valence-electron chi connectivity index (χ1n) is 28.4. The van der Waals surface area contributed by atoms with E-state index in [-0.39, 0.29) is 27.6 Å². The Morgan fingerprint density at radius 3 is 1.04 bits per heavy atom. The molecule has 0 atom stereocenters. The van der Waals surface area contributed by atoms with Gasteiger partial charge in [-0.05, 0) is 177 Å². The molecule has 11 aromatic carbocycles. The molecule has 0 unspecified atom stereocenters. The Balaban J connectivity index is 1.10. The van der Waals surface area contributed by atoms with Gasteiger partial charge in [-0.3, -0.25) is 0 Å².